The lowest BCUT2D eigenvalue weighted by atomic mass is 10.2. The van der Waals surface area contributed by atoms with Gasteiger partial charge < -0.3 is 0 Å². The Morgan fingerprint density at radius 1 is 1.14 bits per heavy atom. The number of benzene rings is 1. The molecule has 150 valence electrons. The van der Waals surface area contributed by atoms with Crippen molar-refractivity contribution in [2.45, 2.75) is 24.6 Å². The van der Waals surface area contributed by atoms with Crippen molar-refractivity contribution in [3.05, 3.63) is 71.7 Å². The lowest BCUT2D eigenvalue weighted by molar-refractivity contribution is 0.468. The van der Waals surface area contributed by atoms with E-state index in [1.54, 1.807) is 30.1 Å². The number of sulfonamides is 1. The smallest absolute Gasteiger partial charge is 0.252 e. The topological polar surface area (TPSA) is 83.9 Å². The summed E-state index contributed by atoms with van der Waals surface area (Å²) in [7, 11) is -2.03. The molecule has 0 saturated heterocycles. The first kappa shape index (κ1) is 19.6. The average molecular weight is 428 g/mol. The molecule has 0 spiro atoms. The largest absolute Gasteiger partial charge is 0.282 e. The number of rotatable bonds is 6. The molecule has 1 N–H and O–H groups in total. The Balaban J connectivity index is 1.54. The van der Waals surface area contributed by atoms with Gasteiger partial charge in [-0.15, -0.1) is 11.3 Å². The van der Waals surface area contributed by atoms with Gasteiger partial charge in [0.25, 0.3) is 10.0 Å². The fourth-order valence-corrected chi connectivity index (χ4v) is 5.69. The van der Waals surface area contributed by atoms with Gasteiger partial charge in [-0.3, -0.25) is 5.10 Å². The molecule has 0 unspecified atom stereocenters. The number of nitrogens with one attached hydrogen (secondary N) is 1. The minimum atomic E-state index is -3.61. The summed E-state index contributed by atoms with van der Waals surface area (Å²) in [4.78, 5) is 0.829. The Morgan fingerprint density at radius 2 is 1.90 bits per heavy atom. The lowest BCUT2D eigenvalue weighted by Crippen LogP contribution is -2.25. The maximum atomic E-state index is 13.0. The van der Waals surface area contributed by atoms with Gasteiger partial charge in [-0.25, -0.2) is 13.1 Å². The number of hydrogen-bond donors (Lipinski definition) is 1. The number of aromatic nitrogens is 4. The number of nitrogens with zero attached hydrogens (tertiary/aromatic N) is 4. The molecule has 4 rings (SSSR count). The van der Waals surface area contributed by atoms with Gasteiger partial charge in [0.2, 0.25) is 0 Å². The van der Waals surface area contributed by atoms with Gasteiger partial charge >= 0.3 is 0 Å². The highest BCUT2D eigenvalue weighted by Gasteiger charge is 2.24. The molecule has 3 aromatic heterocycles. The van der Waals surface area contributed by atoms with Crippen LogP contribution >= 0.6 is 11.3 Å². The fraction of sp³-hybridized carbons (Fsp3) is 0.200. The molecule has 1 aromatic carbocycles. The molecule has 0 saturated carbocycles. The minimum Gasteiger partial charge on any atom is -0.282 e. The van der Waals surface area contributed by atoms with Crippen molar-refractivity contribution in [2.75, 3.05) is 7.05 Å². The monoisotopic (exact) mass is 427 g/mol. The molecule has 0 amide bonds. The quantitative estimate of drug-likeness (QED) is 0.508. The van der Waals surface area contributed by atoms with Crippen LogP contribution in [0.5, 0.6) is 0 Å². The molecule has 0 aliphatic rings. The first-order valence-electron chi connectivity index (χ1n) is 9.03. The molecule has 4 aromatic rings. The Hall–Kier alpha value is -2.75. The van der Waals surface area contributed by atoms with E-state index in [1.165, 1.54) is 15.6 Å². The lowest BCUT2D eigenvalue weighted by Gasteiger charge is -2.14. The standard InChI is InChI=1S/C20H21N5O2S2/c1-14-15(2)22-23-20(14)18-9-10-19(28-18)29(26,27)24(3)12-16-11-21-25(13-16)17-7-5-4-6-8-17/h4-11,13H,12H2,1-3H3,(H,22,23). The van der Waals surface area contributed by atoms with Crippen LogP contribution < -0.4 is 0 Å². The van der Waals surface area contributed by atoms with E-state index in [0.29, 0.717) is 4.21 Å². The molecule has 0 bridgehead atoms. The van der Waals surface area contributed by atoms with Crippen LogP contribution in [-0.2, 0) is 16.6 Å². The van der Waals surface area contributed by atoms with Crippen LogP contribution in [0.15, 0.2) is 59.1 Å². The Bertz CT molecular complexity index is 1240. The van der Waals surface area contributed by atoms with Gasteiger partial charge in [-0.05, 0) is 43.7 Å². The normalized spacial score (nSPS) is 12.0. The molecule has 29 heavy (non-hydrogen) atoms. The van der Waals surface area contributed by atoms with Crippen molar-refractivity contribution in [1.29, 1.82) is 0 Å². The minimum absolute atomic E-state index is 0.239. The molecule has 0 aliphatic carbocycles. The maximum Gasteiger partial charge on any atom is 0.252 e. The number of thiophene rings is 1. The van der Waals surface area contributed by atoms with Crippen molar-refractivity contribution in [1.82, 2.24) is 24.3 Å². The van der Waals surface area contributed by atoms with Crippen molar-refractivity contribution in [3.8, 4) is 16.3 Å². The van der Waals surface area contributed by atoms with Gasteiger partial charge in [0.05, 0.1) is 16.8 Å². The highest BCUT2D eigenvalue weighted by molar-refractivity contribution is 7.91. The molecule has 0 fully saturated rings. The first-order valence-corrected chi connectivity index (χ1v) is 11.3. The van der Waals surface area contributed by atoms with Crippen LogP contribution in [0.1, 0.15) is 16.8 Å². The molecular formula is C20H21N5O2S2. The zero-order chi connectivity index (χ0) is 20.6. The van der Waals surface area contributed by atoms with E-state index >= 15 is 0 Å². The van der Waals surface area contributed by atoms with Crippen LogP contribution in [0.3, 0.4) is 0 Å². The van der Waals surface area contributed by atoms with Crippen molar-refractivity contribution >= 4 is 21.4 Å². The van der Waals surface area contributed by atoms with Gasteiger partial charge in [-0.2, -0.15) is 14.5 Å². The number of aromatic amines is 1. The van der Waals surface area contributed by atoms with Gasteiger partial charge in [0.1, 0.15) is 9.90 Å². The summed E-state index contributed by atoms with van der Waals surface area (Å²) in [6, 6.07) is 13.2. The molecule has 0 atom stereocenters. The van der Waals surface area contributed by atoms with Crippen LogP contribution in [0.25, 0.3) is 16.3 Å². The van der Waals surface area contributed by atoms with E-state index < -0.39 is 10.0 Å². The fourth-order valence-electron chi connectivity index (χ4n) is 2.97. The summed E-state index contributed by atoms with van der Waals surface area (Å²) in [5, 5.41) is 11.6. The summed E-state index contributed by atoms with van der Waals surface area (Å²) >= 11 is 1.23. The maximum absolute atomic E-state index is 13.0. The Kier molecular flexibility index (Phi) is 5.12. The third-order valence-electron chi connectivity index (χ3n) is 4.79. The van der Waals surface area contributed by atoms with E-state index in [4.69, 9.17) is 0 Å². The third-order valence-corrected chi connectivity index (χ3v) is 8.16. The molecule has 3 heterocycles. The van der Waals surface area contributed by atoms with E-state index in [2.05, 4.69) is 15.3 Å². The van der Waals surface area contributed by atoms with E-state index in [-0.39, 0.29) is 6.54 Å². The van der Waals surface area contributed by atoms with Gasteiger partial charge in [-0.1, -0.05) is 18.2 Å². The summed E-state index contributed by atoms with van der Waals surface area (Å²) in [5.74, 6) is 0. The molecule has 9 heteroatoms. The predicted molar refractivity (Wildman–Crippen MR) is 114 cm³/mol. The first-order chi connectivity index (χ1) is 13.9. The SMILES string of the molecule is Cc1[nH]nc(-c2ccc(S(=O)(=O)N(C)Cc3cnn(-c4ccccc4)c3)s2)c1C. The second-order valence-electron chi connectivity index (χ2n) is 6.83. The zero-order valence-electron chi connectivity index (χ0n) is 16.3. The van der Waals surface area contributed by atoms with Crippen LogP contribution in [0.4, 0.5) is 0 Å². The predicted octanol–water partition coefficient (Wildman–Crippen LogP) is 3.76. The zero-order valence-corrected chi connectivity index (χ0v) is 18.0. The average Bonchev–Trinajstić information content (AvgIpc) is 3.44. The van der Waals surface area contributed by atoms with Crippen LogP contribution in [0, 0.1) is 13.8 Å². The van der Waals surface area contributed by atoms with Crippen LogP contribution in [-0.4, -0.2) is 39.7 Å². The van der Waals surface area contributed by atoms with Crippen molar-refractivity contribution in [3.63, 3.8) is 0 Å². The van der Waals surface area contributed by atoms with Crippen molar-refractivity contribution < 1.29 is 8.42 Å². The van der Waals surface area contributed by atoms with E-state index in [0.717, 1.165) is 33.1 Å². The number of para-hydroxylation sites is 1. The molecule has 7 nitrogen and oxygen atoms in total. The van der Waals surface area contributed by atoms with Gasteiger partial charge in [0.15, 0.2) is 0 Å². The summed E-state index contributed by atoms with van der Waals surface area (Å²) in [5.41, 5.74) is 4.54. The third kappa shape index (κ3) is 3.76. The highest BCUT2D eigenvalue weighted by Crippen LogP contribution is 2.33. The second kappa shape index (κ2) is 7.58. The van der Waals surface area contributed by atoms with Crippen LogP contribution in [0.2, 0.25) is 0 Å². The van der Waals surface area contributed by atoms with E-state index in [1.807, 2.05) is 50.4 Å². The molecule has 0 radical (unpaired) electrons. The summed E-state index contributed by atoms with van der Waals surface area (Å²) in [6.45, 7) is 4.15. The number of hydrogen-bond acceptors (Lipinski definition) is 5. The summed E-state index contributed by atoms with van der Waals surface area (Å²) in [6.07, 6.45) is 3.53. The molecule has 0 aliphatic heterocycles. The van der Waals surface area contributed by atoms with Gasteiger partial charge in [0, 0.05) is 31.0 Å². The molecular weight excluding hydrogens is 406 g/mol. The summed E-state index contributed by atoms with van der Waals surface area (Å²) < 4.78 is 29.4. The second-order valence-corrected chi connectivity index (χ2v) is 10.2. The Labute approximate surface area is 173 Å². The van der Waals surface area contributed by atoms with E-state index in [9.17, 15) is 8.42 Å². The number of H-pyrrole nitrogens is 1. The Morgan fingerprint density at radius 3 is 2.59 bits per heavy atom. The number of aryl methyl sites for hydroxylation is 1. The van der Waals surface area contributed by atoms with Crippen molar-refractivity contribution in [2.24, 2.45) is 0 Å². The highest BCUT2D eigenvalue weighted by atomic mass is 32.2.